The number of halogens is 2. The summed E-state index contributed by atoms with van der Waals surface area (Å²) in [6.45, 7) is 2.29. The Labute approximate surface area is 149 Å². The third-order valence-corrected chi connectivity index (χ3v) is 5.24. The number of rotatable bonds is 4. The minimum Gasteiger partial charge on any atom is -0.349 e. The number of alkyl halides is 2. The highest BCUT2D eigenvalue weighted by Crippen LogP contribution is 2.33. The Bertz CT molecular complexity index is 690. The summed E-state index contributed by atoms with van der Waals surface area (Å²) in [6, 6.07) is 5.75. The lowest BCUT2D eigenvalue weighted by Gasteiger charge is -2.19. The molecule has 0 bridgehead atoms. The van der Waals surface area contributed by atoms with E-state index >= 15 is 0 Å². The molecule has 4 unspecified atom stereocenters. The molecule has 3 aliphatic rings. The third kappa shape index (κ3) is 3.33. The van der Waals surface area contributed by atoms with E-state index in [1.165, 1.54) is 0 Å². The number of amides is 1. The summed E-state index contributed by atoms with van der Waals surface area (Å²) in [5, 5.41) is 5.81. The lowest BCUT2D eigenvalue weighted by Crippen LogP contribution is -2.39. The molecule has 1 aromatic rings. The largest absolute Gasteiger partial charge is 0.349 e. The molecule has 2 aliphatic heterocycles. The summed E-state index contributed by atoms with van der Waals surface area (Å²) in [7, 11) is 0. The van der Waals surface area contributed by atoms with Crippen molar-refractivity contribution in [3.05, 3.63) is 34.9 Å². The van der Waals surface area contributed by atoms with Crippen molar-refractivity contribution in [1.82, 2.24) is 21.6 Å². The molecular formula is C17H22F2N4O3. The Morgan fingerprint density at radius 3 is 2.88 bits per heavy atom. The Morgan fingerprint density at radius 1 is 1.35 bits per heavy atom. The van der Waals surface area contributed by atoms with E-state index in [-0.39, 0.29) is 23.9 Å². The van der Waals surface area contributed by atoms with Gasteiger partial charge in [0.25, 0.3) is 6.43 Å². The van der Waals surface area contributed by atoms with Crippen molar-refractivity contribution >= 4 is 5.91 Å². The van der Waals surface area contributed by atoms with Gasteiger partial charge in [-0.05, 0) is 36.5 Å². The number of nitrogens with one attached hydrogen (secondary N) is 4. The van der Waals surface area contributed by atoms with Crippen LogP contribution in [-0.2, 0) is 20.9 Å². The Kier molecular flexibility index (Phi) is 4.89. The van der Waals surface area contributed by atoms with Gasteiger partial charge in [0.05, 0.1) is 18.6 Å². The minimum atomic E-state index is -2.60. The zero-order chi connectivity index (χ0) is 18.3. The second-order valence-corrected chi connectivity index (χ2v) is 6.97. The number of benzene rings is 1. The highest BCUT2D eigenvalue weighted by molar-refractivity contribution is 5.80. The molecule has 1 aromatic carbocycles. The first-order valence-electron chi connectivity index (χ1n) is 8.78. The second kappa shape index (κ2) is 7.16. The van der Waals surface area contributed by atoms with Crippen molar-refractivity contribution in [3.63, 3.8) is 0 Å². The van der Waals surface area contributed by atoms with Crippen LogP contribution in [0.4, 0.5) is 8.78 Å². The number of hydrogen-bond acceptors (Lipinski definition) is 6. The van der Waals surface area contributed by atoms with Gasteiger partial charge >= 0.3 is 0 Å². The number of carbonyl (C=O) groups is 1. The summed E-state index contributed by atoms with van der Waals surface area (Å²) in [6.07, 6.45) is -2.74. The van der Waals surface area contributed by atoms with Crippen molar-refractivity contribution < 1.29 is 23.3 Å². The van der Waals surface area contributed by atoms with Crippen molar-refractivity contribution in [2.75, 3.05) is 6.61 Å². The summed E-state index contributed by atoms with van der Waals surface area (Å²) in [4.78, 5) is 22.4. The average Bonchev–Trinajstić information content (AvgIpc) is 3.34. The molecule has 0 aromatic heterocycles. The van der Waals surface area contributed by atoms with Crippen LogP contribution in [-0.4, -0.2) is 31.2 Å². The van der Waals surface area contributed by atoms with E-state index in [0.717, 1.165) is 29.5 Å². The molecule has 142 valence electrons. The molecule has 0 saturated carbocycles. The van der Waals surface area contributed by atoms with Gasteiger partial charge in [0.2, 0.25) is 5.91 Å². The molecule has 0 spiro atoms. The van der Waals surface area contributed by atoms with Crippen LogP contribution in [0.3, 0.4) is 0 Å². The molecule has 1 amide bonds. The van der Waals surface area contributed by atoms with Crippen LogP contribution in [0.25, 0.3) is 0 Å². The van der Waals surface area contributed by atoms with Gasteiger partial charge in [-0.3, -0.25) is 14.9 Å². The maximum Gasteiger partial charge on any atom is 0.279 e. The lowest BCUT2D eigenvalue weighted by molar-refractivity contribution is -0.125. The molecule has 2 fully saturated rings. The average molecular weight is 368 g/mol. The zero-order valence-electron chi connectivity index (χ0n) is 14.3. The van der Waals surface area contributed by atoms with Crippen LogP contribution in [0.2, 0.25) is 0 Å². The first-order valence-corrected chi connectivity index (χ1v) is 8.78. The van der Waals surface area contributed by atoms with Gasteiger partial charge in [-0.15, -0.1) is 0 Å². The van der Waals surface area contributed by atoms with E-state index in [9.17, 15) is 13.6 Å². The number of carbonyl (C=O) groups excluding carboxylic acids is 1. The second-order valence-electron chi connectivity index (χ2n) is 6.97. The van der Waals surface area contributed by atoms with E-state index in [0.29, 0.717) is 6.61 Å². The molecular weight excluding hydrogens is 346 g/mol. The van der Waals surface area contributed by atoms with Gasteiger partial charge in [0.15, 0.2) is 6.23 Å². The number of fused-ring (bicyclic) bond motifs is 1. The highest BCUT2D eigenvalue weighted by atomic mass is 19.3. The zero-order valence-corrected chi connectivity index (χ0v) is 14.3. The normalized spacial score (nSPS) is 33.6. The minimum absolute atomic E-state index is 0.0134. The Morgan fingerprint density at radius 2 is 2.19 bits per heavy atom. The molecule has 4 N–H and O–H groups in total. The maximum atomic E-state index is 12.7. The SMILES string of the molecule is CC1NOCC1C(=O)N[C@@H]1CCc2cc(C3NOC(C(F)F)N3)ccc21. The predicted molar refractivity (Wildman–Crippen MR) is 87.6 cm³/mol. The highest BCUT2D eigenvalue weighted by Gasteiger charge is 2.35. The monoisotopic (exact) mass is 368 g/mol. The molecule has 2 saturated heterocycles. The summed E-state index contributed by atoms with van der Waals surface area (Å²) < 4.78 is 25.4. The van der Waals surface area contributed by atoms with Gasteiger partial charge in [0.1, 0.15) is 6.17 Å². The molecule has 4 rings (SSSR count). The van der Waals surface area contributed by atoms with E-state index in [2.05, 4.69) is 21.6 Å². The first kappa shape index (κ1) is 17.7. The van der Waals surface area contributed by atoms with Crippen LogP contribution < -0.4 is 21.6 Å². The van der Waals surface area contributed by atoms with Crippen molar-refractivity contribution in [2.24, 2.45) is 5.92 Å². The van der Waals surface area contributed by atoms with Crippen LogP contribution in [0.15, 0.2) is 18.2 Å². The molecule has 9 heteroatoms. The van der Waals surface area contributed by atoms with Gasteiger partial charge in [-0.2, -0.15) is 11.0 Å². The number of hydrogen-bond donors (Lipinski definition) is 4. The van der Waals surface area contributed by atoms with Gasteiger partial charge in [-0.1, -0.05) is 18.2 Å². The fraction of sp³-hybridized carbons (Fsp3) is 0.588. The maximum absolute atomic E-state index is 12.7. The molecule has 2 heterocycles. The lowest BCUT2D eigenvalue weighted by atomic mass is 10.0. The van der Waals surface area contributed by atoms with Crippen LogP contribution in [0, 0.1) is 5.92 Å². The van der Waals surface area contributed by atoms with E-state index in [4.69, 9.17) is 9.68 Å². The molecule has 26 heavy (non-hydrogen) atoms. The molecule has 0 radical (unpaired) electrons. The number of hydroxylamine groups is 2. The fourth-order valence-corrected chi connectivity index (χ4v) is 3.71. The van der Waals surface area contributed by atoms with E-state index < -0.39 is 18.8 Å². The Hall–Kier alpha value is -1.65. The summed E-state index contributed by atoms with van der Waals surface area (Å²) >= 11 is 0. The topological polar surface area (TPSA) is 83.7 Å². The van der Waals surface area contributed by atoms with E-state index in [1.54, 1.807) is 0 Å². The van der Waals surface area contributed by atoms with Crippen LogP contribution in [0.1, 0.15) is 42.2 Å². The quantitative estimate of drug-likeness (QED) is 0.636. The summed E-state index contributed by atoms with van der Waals surface area (Å²) in [5.74, 6) is -0.217. The summed E-state index contributed by atoms with van der Waals surface area (Å²) in [5.41, 5.74) is 8.43. The first-order chi connectivity index (χ1) is 12.5. The molecule has 7 nitrogen and oxygen atoms in total. The van der Waals surface area contributed by atoms with Gasteiger partial charge < -0.3 is 10.2 Å². The van der Waals surface area contributed by atoms with Gasteiger partial charge in [0, 0.05) is 6.04 Å². The van der Waals surface area contributed by atoms with E-state index in [1.807, 2.05) is 25.1 Å². The van der Waals surface area contributed by atoms with Crippen molar-refractivity contribution in [2.45, 2.75) is 50.7 Å². The third-order valence-electron chi connectivity index (χ3n) is 5.24. The van der Waals surface area contributed by atoms with Crippen LogP contribution in [0.5, 0.6) is 0 Å². The molecule has 1 aliphatic carbocycles. The Balaban J connectivity index is 1.43. The van der Waals surface area contributed by atoms with Crippen molar-refractivity contribution in [3.8, 4) is 0 Å². The van der Waals surface area contributed by atoms with Crippen molar-refractivity contribution in [1.29, 1.82) is 0 Å². The predicted octanol–water partition coefficient (Wildman–Crippen LogP) is 1.04. The number of aryl methyl sites for hydroxylation is 1. The van der Waals surface area contributed by atoms with Gasteiger partial charge in [-0.25, -0.2) is 8.78 Å². The van der Waals surface area contributed by atoms with Crippen LogP contribution >= 0.6 is 0 Å². The smallest absolute Gasteiger partial charge is 0.279 e. The fourth-order valence-electron chi connectivity index (χ4n) is 3.71. The standard InChI is InChI=1S/C17H22F2N4O3/c1-8-12(7-25-22-8)16(24)20-13-5-3-9-6-10(2-4-11(9)13)15-21-17(14(18)19)26-23-15/h2,4,6,8,12-15,17,21-23H,3,5,7H2,1H3,(H,20,24)/t8?,12?,13-,15?,17?/m1/s1. The molecule has 5 atom stereocenters.